The van der Waals surface area contributed by atoms with Gasteiger partial charge in [-0.1, -0.05) is 0 Å². The maximum atomic E-state index is 12.4. The van der Waals surface area contributed by atoms with Crippen molar-refractivity contribution in [3.8, 4) is 0 Å². The molecule has 0 aromatic rings. The SMILES string of the molecule is FC1CC2(CNCCO2)C1. The van der Waals surface area contributed by atoms with Gasteiger partial charge in [0, 0.05) is 25.9 Å². The molecule has 10 heavy (non-hydrogen) atoms. The minimum atomic E-state index is -0.611. The van der Waals surface area contributed by atoms with Gasteiger partial charge in [-0.2, -0.15) is 0 Å². The molecule has 1 N–H and O–H groups in total. The summed E-state index contributed by atoms with van der Waals surface area (Å²) >= 11 is 0. The molecule has 0 aromatic heterocycles. The second-order valence-corrected chi connectivity index (χ2v) is 3.21. The van der Waals surface area contributed by atoms with Crippen LogP contribution in [0.4, 0.5) is 4.39 Å². The Morgan fingerprint density at radius 3 is 2.80 bits per heavy atom. The number of ether oxygens (including phenoxy) is 1. The third-order valence-corrected chi connectivity index (χ3v) is 2.32. The van der Waals surface area contributed by atoms with Crippen molar-refractivity contribution in [3.05, 3.63) is 0 Å². The van der Waals surface area contributed by atoms with Crippen molar-refractivity contribution >= 4 is 0 Å². The van der Waals surface area contributed by atoms with E-state index in [2.05, 4.69) is 5.32 Å². The minimum absolute atomic E-state index is 0.113. The molecule has 2 rings (SSSR count). The van der Waals surface area contributed by atoms with Gasteiger partial charge in [-0.05, 0) is 0 Å². The number of nitrogens with one attached hydrogen (secondary N) is 1. The van der Waals surface area contributed by atoms with Crippen LogP contribution in [0.2, 0.25) is 0 Å². The fraction of sp³-hybridized carbons (Fsp3) is 1.00. The van der Waals surface area contributed by atoms with Crippen LogP contribution in [0, 0.1) is 0 Å². The predicted molar refractivity (Wildman–Crippen MR) is 35.7 cm³/mol. The van der Waals surface area contributed by atoms with Crippen molar-refractivity contribution in [1.82, 2.24) is 5.32 Å². The lowest BCUT2D eigenvalue weighted by Gasteiger charge is -2.46. The maximum Gasteiger partial charge on any atom is 0.106 e. The first-order valence-electron chi connectivity index (χ1n) is 3.80. The Morgan fingerprint density at radius 2 is 2.30 bits per heavy atom. The molecule has 1 aliphatic heterocycles. The summed E-state index contributed by atoms with van der Waals surface area (Å²) in [7, 11) is 0. The van der Waals surface area contributed by atoms with Crippen LogP contribution >= 0.6 is 0 Å². The summed E-state index contributed by atoms with van der Waals surface area (Å²) < 4.78 is 17.9. The van der Waals surface area contributed by atoms with E-state index in [0.29, 0.717) is 12.8 Å². The van der Waals surface area contributed by atoms with Gasteiger partial charge in [-0.25, -0.2) is 4.39 Å². The molecule has 1 heterocycles. The Kier molecular flexibility index (Phi) is 1.42. The van der Waals surface area contributed by atoms with Gasteiger partial charge < -0.3 is 10.1 Å². The first-order chi connectivity index (χ1) is 4.81. The van der Waals surface area contributed by atoms with Gasteiger partial charge in [0.2, 0.25) is 0 Å². The molecule has 0 aromatic carbocycles. The van der Waals surface area contributed by atoms with Crippen molar-refractivity contribution in [3.63, 3.8) is 0 Å². The third-order valence-electron chi connectivity index (χ3n) is 2.32. The summed E-state index contributed by atoms with van der Waals surface area (Å²) in [6, 6.07) is 0. The van der Waals surface area contributed by atoms with Gasteiger partial charge in [-0.3, -0.25) is 0 Å². The molecule has 58 valence electrons. The van der Waals surface area contributed by atoms with Gasteiger partial charge in [0.15, 0.2) is 0 Å². The molecule has 0 atom stereocenters. The maximum absolute atomic E-state index is 12.4. The summed E-state index contributed by atoms with van der Waals surface area (Å²) in [4.78, 5) is 0. The minimum Gasteiger partial charge on any atom is -0.372 e. The summed E-state index contributed by atoms with van der Waals surface area (Å²) in [5, 5.41) is 3.21. The smallest absolute Gasteiger partial charge is 0.106 e. The zero-order valence-corrected chi connectivity index (χ0v) is 5.90. The molecule has 0 bridgehead atoms. The van der Waals surface area contributed by atoms with E-state index in [9.17, 15) is 4.39 Å². The average Bonchev–Trinajstić information content (AvgIpc) is 1.87. The lowest BCUT2D eigenvalue weighted by Crippen LogP contribution is -2.58. The van der Waals surface area contributed by atoms with Crippen molar-refractivity contribution < 1.29 is 9.13 Å². The largest absolute Gasteiger partial charge is 0.372 e. The van der Waals surface area contributed by atoms with E-state index in [-0.39, 0.29) is 5.60 Å². The van der Waals surface area contributed by atoms with Crippen LogP contribution in [-0.4, -0.2) is 31.5 Å². The lowest BCUT2D eigenvalue weighted by atomic mass is 9.77. The average molecular weight is 145 g/mol. The molecule has 2 fully saturated rings. The molecule has 0 radical (unpaired) electrons. The number of hydrogen-bond acceptors (Lipinski definition) is 2. The van der Waals surface area contributed by atoms with Crippen LogP contribution in [-0.2, 0) is 4.74 Å². The summed E-state index contributed by atoms with van der Waals surface area (Å²) in [6.45, 7) is 2.50. The topological polar surface area (TPSA) is 21.3 Å². The number of rotatable bonds is 0. The molecule has 0 unspecified atom stereocenters. The number of morpholine rings is 1. The van der Waals surface area contributed by atoms with Crippen LogP contribution in [0.25, 0.3) is 0 Å². The van der Waals surface area contributed by atoms with Crippen molar-refractivity contribution in [2.45, 2.75) is 24.6 Å². The monoisotopic (exact) mass is 145 g/mol. The molecular weight excluding hydrogens is 133 g/mol. The van der Waals surface area contributed by atoms with E-state index in [4.69, 9.17) is 4.74 Å². The standard InChI is InChI=1S/C7H12FNO/c8-6-3-7(4-6)5-9-1-2-10-7/h6,9H,1-5H2. The summed E-state index contributed by atoms with van der Waals surface area (Å²) in [5.41, 5.74) is -0.113. The van der Waals surface area contributed by atoms with Gasteiger partial charge in [0.1, 0.15) is 6.17 Å². The highest BCUT2D eigenvalue weighted by molar-refractivity contribution is 4.99. The number of halogens is 1. The van der Waals surface area contributed by atoms with Gasteiger partial charge in [-0.15, -0.1) is 0 Å². The van der Waals surface area contributed by atoms with Crippen LogP contribution in [0.3, 0.4) is 0 Å². The first-order valence-corrected chi connectivity index (χ1v) is 3.80. The van der Waals surface area contributed by atoms with Crippen LogP contribution < -0.4 is 5.32 Å². The molecule has 1 saturated heterocycles. The van der Waals surface area contributed by atoms with Crippen molar-refractivity contribution in [2.24, 2.45) is 0 Å². The second kappa shape index (κ2) is 2.17. The van der Waals surface area contributed by atoms with Crippen molar-refractivity contribution in [2.75, 3.05) is 19.7 Å². The molecule has 3 heteroatoms. The Bertz CT molecular complexity index is 118. The number of hydrogen-bond donors (Lipinski definition) is 1. The molecule has 0 amide bonds. The summed E-state index contributed by atoms with van der Waals surface area (Å²) in [5.74, 6) is 0. The van der Waals surface area contributed by atoms with E-state index >= 15 is 0 Å². The van der Waals surface area contributed by atoms with Crippen molar-refractivity contribution in [1.29, 1.82) is 0 Å². The zero-order chi connectivity index (χ0) is 7.03. The fourth-order valence-corrected chi connectivity index (χ4v) is 1.72. The van der Waals surface area contributed by atoms with E-state index in [1.54, 1.807) is 0 Å². The van der Waals surface area contributed by atoms with E-state index < -0.39 is 6.17 Å². The highest BCUT2D eigenvalue weighted by Crippen LogP contribution is 2.38. The molecule has 1 saturated carbocycles. The van der Waals surface area contributed by atoms with Gasteiger partial charge in [0.05, 0.1) is 12.2 Å². The Morgan fingerprint density at radius 1 is 1.50 bits per heavy atom. The molecule has 2 nitrogen and oxygen atoms in total. The Labute approximate surface area is 59.7 Å². The predicted octanol–water partition coefficient (Wildman–Crippen LogP) is 0.477. The molecular formula is C7H12FNO. The molecule has 1 aliphatic carbocycles. The molecule has 2 aliphatic rings. The lowest BCUT2D eigenvalue weighted by molar-refractivity contribution is -0.146. The highest BCUT2D eigenvalue weighted by Gasteiger charge is 2.46. The van der Waals surface area contributed by atoms with Crippen LogP contribution in [0.5, 0.6) is 0 Å². The summed E-state index contributed by atoms with van der Waals surface area (Å²) in [6.07, 6.45) is 0.583. The van der Waals surface area contributed by atoms with Crippen LogP contribution in [0.1, 0.15) is 12.8 Å². The van der Waals surface area contributed by atoms with Gasteiger partial charge >= 0.3 is 0 Å². The molecule has 1 spiro atoms. The van der Waals surface area contributed by atoms with Gasteiger partial charge in [0.25, 0.3) is 0 Å². The third kappa shape index (κ3) is 0.935. The van der Waals surface area contributed by atoms with E-state index in [1.807, 2.05) is 0 Å². The zero-order valence-electron chi connectivity index (χ0n) is 5.90. The normalized spacial score (nSPS) is 47.1. The Hall–Kier alpha value is -0.150. The Balaban J connectivity index is 1.90. The second-order valence-electron chi connectivity index (χ2n) is 3.21. The number of alkyl halides is 1. The fourth-order valence-electron chi connectivity index (χ4n) is 1.72. The van der Waals surface area contributed by atoms with Crippen LogP contribution in [0.15, 0.2) is 0 Å². The quantitative estimate of drug-likeness (QED) is 0.535. The highest BCUT2D eigenvalue weighted by atomic mass is 19.1. The first kappa shape index (κ1) is 6.55. The van der Waals surface area contributed by atoms with E-state index in [0.717, 1.165) is 19.7 Å². The van der Waals surface area contributed by atoms with E-state index in [1.165, 1.54) is 0 Å².